The second-order valence-electron chi connectivity index (χ2n) is 3.95. The Morgan fingerprint density at radius 1 is 1.65 bits per heavy atom. The number of hydrogen-bond acceptors (Lipinski definition) is 4. The molecule has 0 bridgehead atoms. The Labute approximate surface area is 104 Å². The number of carbonyl (C=O) groups is 1. The van der Waals surface area contributed by atoms with Gasteiger partial charge in [0.15, 0.2) is 0 Å². The van der Waals surface area contributed by atoms with Gasteiger partial charge >= 0.3 is 0 Å². The molecule has 0 aromatic carbocycles. The van der Waals surface area contributed by atoms with Crippen LogP contribution in [0.2, 0.25) is 0 Å². The van der Waals surface area contributed by atoms with Gasteiger partial charge in [-0.1, -0.05) is 5.16 Å². The molecular formula is C11H17N3O2S. The summed E-state index contributed by atoms with van der Waals surface area (Å²) in [5.74, 6) is -0.317. The van der Waals surface area contributed by atoms with Crippen LogP contribution in [0, 0.1) is 6.92 Å². The molecule has 0 aliphatic rings. The highest BCUT2D eigenvalue weighted by atomic mass is 32.1. The second-order valence-corrected chi connectivity index (χ2v) is 5.33. The molecule has 0 aliphatic carbocycles. The minimum atomic E-state index is -0.235. The Balaban J connectivity index is 2.39. The van der Waals surface area contributed by atoms with E-state index in [1.165, 1.54) is 9.75 Å². The van der Waals surface area contributed by atoms with Crippen molar-refractivity contribution in [1.82, 2.24) is 5.32 Å². The summed E-state index contributed by atoms with van der Waals surface area (Å²) in [6.07, 6.45) is 0.713. The van der Waals surface area contributed by atoms with Crippen LogP contribution < -0.4 is 11.1 Å². The SMILES string of the molecule is Cc1ccc(CC(C)NC(=O)CC(N)=NO)s1. The lowest BCUT2D eigenvalue weighted by atomic mass is 10.2. The first-order valence-electron chi connectivity index (χ1n) is 5.32. The van der Waals surface area contributed by atoms with Gasteiger partial charge in [0.2, 0.25) is 5.91 Å². The summed E-state index contributed by atoms with van der Waals surface area (Å²) in [6.45, 7) is 3.98. The Morgan fingerprint density at radius 2 is 2.35 bits per heavy atom. The zero-order valence-electron chi connectivity index (χ0n) is 9.93. The third-order valence-electron chi connectivity index (χ3n) is 2.18. The molecule has 5 nitrogen and oxygen atoms in total. The van der Waals surface area contributed by atoms with Crippen molar-refractivity contribution in [3.8, 4) is 0 Å². The normalized spacial score (nSPS) is 13.4. The number of rotatable bonds is 5. The fourth-order valence-electron chi connectivity index (χ4n) is 1.47. The smallest absolute Gasteiger partial charge is 0.227 e. The third-order valence-corrected chi connectivity index (χ3v) is 3.20. The predicted octanol–water partition coefficient (Wildman–Crippen LogP) is 1.24. The molecule has 1 atom stereocenters. The number of thiophene rings is 1. The van der Waals surface area contributed by atoms with Crippen LogP contribution in [-0.4, -0.2) is 23.0 Å². The van der Waals surface area contributed by atoms with Gasteiger partial charge in [0, 0.05) is 22.2 Å². The average molecular weight is 255 g/mol. The lowest BCUT2D eigenvalue weighted by molar-refractivity contribution is -0.120. The molecule has 0 saturated carbocycles. The zero-order valence-corrected chi connectivity index (χ0v) is 10.8. The van der Waals surface area contributed by atoms with Gasteiger partial charge in [-0.15, -0.1) is 11.3 Å². The van der Waals surface area contributed by atoms with Crippen LogP contribution in [0.1, 0.15) is 23.1 Å². The lowest BCUT2D eigenvalue weighted by Gasteiger charge is -2.12. The first-order chi connectivity index (χ1) is 8.01. The van der Waals surface area contributed by atoms with Gasteiger partial charge in [-0.3, -0.25) is 4.79 Å². The molecule has 4 N–H and O–H groups in total. The van der Waals surface area contributed by atoms with E-state index < -0.39 is 0 Å². The van der Waals surface area contributed by atoms with Crippen molar-refractivity contribution in [2.75, 3.05) is 0 Å². The predicted molar refractivity (Wildman–Crippen MR) is 68.4 cm³/mol. The van der Waals surface area contributed by atoms with E-state index in [1.807, 2.05) is 6.92 Å². The fourth-order valence-corrected chi connectivity index (χ4v) is 2.49. The molecule has 6 heteroatoms. The number of oxime groups is 1. The summed E-state index contributed by atoms with van der Waals surface area (Å²) in [7, 11) is 0. The van der Waals surface area contributed by atoms with E-state index in [-0.39, 0.29) is 24.2 Å². The maximum absolute atomic E-state index is 11.4. The summed E-state index contributed by atoms with van der Waals surface area (Å²) in [4.78, 5) is 13.9. The molecule has 0 saturated heterocycles. The van der Waals surface area contributed by atoms with Crippen LogP contribution in [0.15, 0.2) is 17.3 Å². The molecule has 1 aromatic heterocycles. The molecule has 1 rings (SSSR count). The quantitative estimate of drug-likeness (QED) is 0.320. The Kier molecular flexibility index (Phi) is 4.96. The number of amides is 1. The minimum Gasteiger partial charge on any atom is -0.409 e. The largest absolute Gasteiger partial charge is 0.409 e. The molecule has 0 fully saturated rings. The van der Waals surface area contributed by atoms with Gasteiger partial charge in [0.25, 0.3) is 0 Å². The standard InChI is InChI=1S/C11H17N3O2S/c1-7(5-9-4-3-8(2)17-9)13-11(15)6-10(12)14-16/h3-4,7,16H,5-6H2,1-2H3,(H2,12,14)(H,13,15). The first-order valence-corrected chi connectivity index (χ1v) is 6.14. The van der Waals surface area contributed by atoms with Crippen LogP contribution in [0.3, 0.4) is 0 Å². The van der Waals surface area contributed by atoms with Gasteiger partial charge in [0.1, 0.15) is 5.84 Å². The molecule has 94 valence electrons. The van der Waals surface area contributed by atoms with Crippen molar-refractivity contribution in [1.29, 1.82) is 0 Å². The van der Waals surface area contributed by atoms with E-state index in [1.54, 1.807) is 11.3 Å². The monoisotopic (exact) mass is 255 g/mol. The number of nitrogens with two attached hydrogens (primary N) is 1. The van der Waals surface area contributed by atoms with Crippen molar-refractivity contribution in [2.45, 2.75) is 32.7 Å². The molecular weight excluding hydrogens is 238 g/mol. The maximum Gasteiger partial charge on any atom is 0.227 e. The van der Waals surface area contributed by atoms with E-state index in [0.29, 0.717) is 0 Å². The Hall–Kier alpha value is -1.56. The van der Waals surface area contributed by atoms with Crippen LogP contribution in [0.4, 0.5) is 0 Å². The fraction of sp³-hybridized carbons (Fsp3) is 0.455. The molecule has 1 heterocycles. The molecule has 1 unspecified atom stereocenters. The number of aryl methyl sites for hydroxylation is 1. The van der Waals surface area contributed by atoms with Crippen LogP contribution >= 0.6 is 11.3 Å². The van der Waals surface area contributed by atoms with E-state index in [0.717, 1.165) is 6.42 Å². The number of carbonyl (C=O) groups excluding carboxylic acids is 1. The number of nitrogens with one attached hydrogen (secondary N) is 1. The summed E-state index contributed by atoms with van der Waals surface area (Å²) >= 11 is 1.72. The van der Waals surface area contributed by atoms with Crippen molar-refractivity contribution in [3.63, 3.8) is 0 Å². The minimum absolute atomic E-state index is 0.0343. The molecule has 17 heavy (non-hydrogen) atoms. The maximum atomic E-state index is 11.4. The van der Waals surface area contributed by atoms with E-state index in [4.69, 9.17) is 10.9 Å². The summed E-state index contributed by atoms with van der Waals surface area (Å²) in [5, 5.41) is 13.9. The Bertz CT molecular complexity index is 415. The van der Waals surface area contributed by atoms with E-state index in [2.05, 4.69) is 29.5 Å². The van der Waals surface area contributed by atoms with Crippen molar-refractivity contribution < 1.29 is 10.0 Å². The van der Waals surface area contributed by atoms with Gasteiger partial charge in [0.05, 0.1) is 6.42 Å². The molecule has 1 aromatic rings. The van der Waals surface area contributed by atoms with Gasteiger partial charge in [-0.2, -0.15) is 0 Å². The van der Waals surface area contributed by atoms with Gasteiger partial charge in [-0.05, 0) is 26.0 Å². The molecule has 0 spiro atoms. The third kappa shape index (κ3) is 4.86. The molecule has 0 radical (unpaired) electrons. The number of amidine groups is 1. The lowest BCUT2D eigenvalue weighted by Crippen LogP contribution is -2.36. The van der Waals surface area contributed by atoms with E-state index >= 15 is 0 Å². The highest BCUT2D eigenvalue weighted by Gasteiger charge is 2.10. The zero-order chi connectivity index (χ0) is 12.8. The van der Waals surface area contributed by atoms with Gasteiger partial charge < -0.3 is 16.3 Å². The summed E-state index contributed by atoms with van der Waals surface area (Å²) in [6, 6.07) is 4.16. The number of nitrogens with zero attached hydrogens (tertiary/aromatic N) is 1. The van der Waals surface area contributed by atoms with Crippen LogP contribution in [0.5, 0.6) is 0 Å². The average Bonchev–Trinajstić information content (AvgIpc) is 2.63. The molecule has 0 aliphatic heterocycles. The van der Waals surface area contributed by atoms with E-state index in [9.17, 15) is 4.79 Å². The highest BCUT2D eigenvalue weighted by Crippen LogP contribution is 2.16. The molecule has 1 amide bonds. The van der Waals surface area contributed by atoms with Crippen LogP contribution in [-0.2, 0) is 11.2 Å². The number of hydrogen-bond donors (Lipinski definition) is 3. The summed E-state index contributed by atoms with van der Waals surface area (Å²) < 4.78 is 0. The van der Waals surface area contributed by atoms with Gasteiger partial charge in [-0.25, -0.2) is 0 Å². The van der Waals surface area contributed by atoms with Crippen molar-refractivity contribution >= 4 is 23.1 Å². The topological polar surface area (TPSA) is 87.7 Å². The first kappa shape index (κ1) is 13.5. The van der Waals surface area contributed by atoms with Crippen LogP contribution in [0.25, 0.3) is 0 Å². The second kappa shape index (κ2) is 6.24. The Morgan fingerprint density at radius 3 is 2.88 bits per heavy atom. The van der Waals surface area contributed by atoms with Crippen molar-refractivity contribution in [3.05, 3.63) is 21.9 Å². The van der Waals surface area contributed by atoms with Crippen molar-refractivity contribution in [2.24, 2.45) is 10.9 Å². The highest BCUT2D eigenvalue weighted by molar-refractivity contribution is 7.11. The summed E-state index contributed by atoms with van der Waals surface area (Å²) in [5.41, 5.74) is 5.25.